The summed E-state index contributed by atoms with van der Waals surface area (Å²) >= 11 is 6.06. The molecule has 2 rings (SSSR count). The smallest absolute Gasteiger partial charge is 0.274 e. The van der Waals surface area contributed by atoms with E-state index in [9.17, 15) is 13.2 Å². The topological polar surface area (TPSA) is 66.9 Å². The molecular weight excluding hydrogens is 328 g/mol. The molecule has 1 heterocycles. The molecule has 22 heavy (non-hydrogen) atoms. The van der Waals surface area contributed by atoms with Crippen molar-refractivity contribution in [1.29, 1.82) is 0 Å². The average Bonchev–Trinajstić information content (AvgIpc) is 2.54. The van der Waals surface area contributed by atoms with Crippen LogP contribution in [0.25, 0.3) is 0 Å². The number of hydroxylamine groups is 2. The number of sulfonamides is 1. The molecule has 1 aliphatic rings. The van der Waals surface area contributed by atoms with Gasteiger partial charge in [0.1, 0.15) is 4.90 Å². The van der Waals surface area contributed by atoms with Crippen molar-refractivity contribution in [3.63, 3.8) is 0 Å². The van der Waals surface area contributed by atoms with Gasteiger partial charge in [0.15, 0.2) is 0 Å². The van der Waals surface area contributed by atoms with E-state index >= 15 is 0 Å². The van der Waals surface area contributed by atoms with Gasteiger partial charge in [0, 0.05) is 25.7 Å². The first kappa shape index (κ1) is 17.2. The number of carbonyl (C=O) groups excluding carboxylic acids is 1. The van der Waals surface area contributed by atoms with Crippen LogP contribution in [0.5, 0.6) is 0 Å². The standard InChI is InChI=1S/C14H19ClN2O4S/c1-16(21-2)14(18)11-6-7-12(15)13(10-11)22(19,20)17-8-4-3-5-9-17/h6-7,10H,3-5,8-9H2,1-2H3. The molecule has 0 radical (unpaired) electrons. The quantitative estimate of drug-likeness (QED) is 0.783. The zero-order chi connectivity index (χ0) is 16.3. The second-order valence-electron chi connectivity index (χ2n) is 5.10. The Morgan fingerprint density at radius 2 is 1.91 bits per heavy atom. The molecule has 6 nitrogen and oxygen atoms in total. The maximum absolute atomic E-state index is 12.7. The first-order valence-corrected chi connectivity index (χ1v) is 8.81. The Bertz CT molecular complexity index is 657. The third-order valence-corrected chi connectivity index (χ3v) is 6.05. The van der Waals surface area contributed by atoms with Crippen LogP contribution in [-0.4, -0.2) is 50.9 Å². The first-order valence-electron chi connectivity index (χ1n) is 7.00. The number of piperidine rings is 1. The summed E-state index contributed by atoms with van der Waals surface area (Å²) in [5.74, 6) is -0.436. The summed E-state index contributed by atoms with van der Waals surface area (Å²) in [5, 5.41) is 1.14. The zero-order valence-electron chi connectivity index (χ0n) is 12.6. The Hall–Kier alpha value is -1.15. The highest BCUT2D eigenvalue weighted by molar-refractivity contribution is 7.89. The van der Waals surface area contributed by atoms with Crippen LogP contribution in [-0.2, 0) is 14.9 Å². The molecule has 1 aromatic rings. The molecule has 1 aromatic carbocycles. The molecule has 1 amide bonds. The van der Waals surface area contributed by atoms with Crippen molar-refractivity contribution in [2.75, 3.05) is 27.2 Å². The number of carbonyl (C=O) groups is 1. The van der Waals surface area contributed by atoms with E-state index in [1.165, 1.54) is 36.7 Å². The van der Waals surface area contributed by atoms with Gasteiger partial charge in [-0.3, -0.25) is 9.63 Å². The van der Waals surface area contributed by atoms with Crippen molar-refractivity contribution >= 4 is 27.5 Å². The van der Waals surface area contributed by atoms with Crippen LogP contribution in [0.2, 0.25) is 5.02 Å². The minimum atomic E-state index is -3.69. The predicted octanol–water partition coefficient (Wildman–Crippen LogP) is 2.15. The molecule has 0 aliphatic carbocycles. The SMILES string of the molecule is CON(C)C(=O)c1ccc(Cl)c(S(=O)(=O)N2CCCCC2)c1. The third-order valence-electron chi connectivity index (χ3n) is 3.67. The summed E-state index contributed by atoms with van der Waals surface area (Å²) < 4.78 is 26.8. The van der Waals surface area contributed by atoms with E-state index in [1.807, 2.05) is 0 Å². The second kappa shape index (κ2) is 6.95. The third kappa shape index (κ3) is 3.43. The van der Waals surface area contributed by atoms with Crippen molar-refractivity contribution in [1.82, 2.24) is 9.37 Å². The summed E-state index contributed by atoms with van der Waals surface area (Å²) in [6.07, 6.45) is 2.70. The van der Waals surface area contributed by atoms with Gasteiger partial charge < -0.3 is 0 Å². The van der Waals surface area contributed by atoms with E-state index < -0.39 is 15.9 Å². The normalized spacial score (nSPS) is 16.5. The maximum Gasteiger partial charge on any atom is 0.277 e. The molecule has 8 heteroatoms. The molecule has 0 aromatic heterocycles. The molecular formula is C14H19ClN2O4S. The van der Waals surface area contributed by atoms with Crippen LogP contribution in [0.4, 0.5) is 0 Å². The fourth-order valence-electron chi connectivity index (χ4n) is 2.34. The Balaban J connectivity index is 2.39. The lowest BCUT2D eigenvalue weighted by Crippen LogP contribution is -2.36. The summed E-state index contributed by atoms with van der Waals surface area (Å²) in [7, 11) is -0.877. The van der Waals surface area contributed by atoms with Crippen LogP contribution in [0.1, 0.15) is 29.6 Å². The summed E-state index contributed by atoms with van der Waals surface area (Å²) in [6.45, 7) is 0.962. The lowest BCUT2D eigenvalue weighted by atomic mass is 10.2. The molecule has 0 spiro atoms. The highest BCUT2D eigenvalue weighted by atomic mass is 35.5. The molecule has 0 N–H and O–H groups in total. The van der Waals surface area contributed by atoms with Crippen molar-refractivity contribution < 1.29 is 18.0 Å². The van der Waals surface area contributed by atoms with E-state index in [4.69, 9.17) is 16.4 Å². The Morgan fingerprint density at radius 1 is 1.27 bits per heavy atom. The molecule has 0 atom stereocenters. The number of halogens is 1. The minimum Gasteiger partial charge on any atom is -0.274 e. The maximum atomic E-state index is 12.7. The molecule has 0 saturated carbocycles. The van der Waals surface area contributed by atoms with Crippen LogP contribution in [0.15, 0.2) is 23.1 Å². The lowest BCUT2D eigenvalue weighted by Gasteiger charge is -2.26. The molecule has 0 unspecified atom stereocenters. The Morgan fingerprint density at radius 3 is 2.50 bits per heavy atom. The highest BCUT2D eigenvalue weighted by Gasteiger charge is 2.29. The molecule has 0 bridgehead atoms. The monoisotopic (exact) mass is 346 g/mol. The summed E-state index contributed by atoms with van der Waals surface area (Å²) in [6, 6.07) is 4.22. The summed E-state index contributed by atoms with van der Waals surface area (Å²) in [5.41, 5.74) is 0.212. The summed E-state index contributed by atoms with van der Waals surface area (Å²) in [4.78, 5) is 16.9. The zero-order valence-corrected chi connectivity index (χ0v) is 14.2. The van der Waals surface area contributed by atoms with Gasteiger partial charge >= 0.3 is 0 Å². The van der Waals surface area contributed by atoms with Crippen LogP contribution < -0.4 is 0 Å². The lowest BCUT2D eigenvalue weighted by molar-refractivity contribution is -0.0757. The van der Waals surface area contributed by atoms with Crippen LogP contribution in [0.3, 0.4) is 0 Å². The number of hydrogen-bond acceptors (Lipinski definition) is 4. The highest BCUT2D eigenvalue weighted by Crippen LogP contribution is 2.28. The number of rotatable bonds is 4. The largest absolute Gasteiger partial charge is 0.277 e. The van der Waals surface area contributed by atoms with Gasteiger partial charge in [-0.05, 0) is 31.0 Å². The number of hydrogen-bond donors (Lipinski definition) is 0. The fourth-order valence-corrected chi connectivity index (χ4v) is 4.36. The second-order valence-corrected chi connectivity index (χ2v) is 7.41. The van der Waals surface area contributed by atoms with Gasteiger partial charge in [0.2, 0.25) is 10.0 Å². The van der Waals surface area contributed by atoms with Gasteiger partial charge in [0.05, 0.1) is 12.1 Å². The van der Waals surface area contributed by atoms with Gasteiger partial charge in [-0.15, -0.1) is 0 Å². The number of amides is 1. The van der Waals surface area contributed by atoms with Crippen molar-refractivity contribution in [2.24, 2.45) is 0 Å². The van der Waals surface area contributed by atoms with E-state index in [-0.39, 0.29) is 15.5 Å². The molecule has 1 fully saturated rings. The van der Waals surface area contributed by atoms with Gasteiger partial charge in [0.25, 0.3) is 5.91 Å². The van der Waals surface area contributed by atoms with Crippen LogP contribution >= 0.6 is 11.6 Å². The van der Waals surface area contributed by atoms with Gasteiger partial charge in [-0.25, -0.2) is 13.5 Å². The molecule has 1 aliphatic heterocycles. The first-order chi connectivity index (χ1) is 10.4. The molecule has 122 valence electrons. The predicted molar refractivity (Wildman–Crippen MR) is 83.2 cm³/mol. The Kier molecular flexibility index (Phi) is 5.44. The van der Waals surface area contributed by atoms with Crippen molar-refractivity contribution in [3.8, 4) is 0 Å². The van der Waals surface area contributed by atoms with E-state index in [1.54, 1.807) is 0 Å². The van der Waals surface area contributed by atoms with E-state index in [0.717, 1.165) is 24.3 Å². The van der Waals surface area contributed by atoms with Gasteiger partial charge in [-0.2, -0.15) is 4.31 Å². The van der Waals surface area contributed by atoms with Crippen molar-refractivity contribution in [3.05, 3.63) is 28.8 Å². The number of nitrogens with zero attached hydrogens (tertiary/aromatic N) is 2. The van der Waals surface area contributed by atoms with E-state index in [0.29, 0.717) is 13.1 Å². The molecule has 1 saturated heterocycles. The van der Waals surface area contributed by atoms with E-state index in [2.05, 4.69) is 0 Å². The van der Waals surface area contributed by atoms with Crippen molar-refractivity contribution in [2.45, 2.75) is 24.2 Å². The van der Waals surface area contributed by atoms with Gasteiger partial charge in [-0.1, -0.05) is 18.0 Å². The Labute approximate surface area is 135 Å². The average molecular weight is 347 g/mol. The van der Waals surface area contributed by atoms with Crippen LogP contribution in [0, 0.1) is 0 Å². The number of benzene rings is 1. The minimum absolute atomic E-state index is 0.0357. The fraction of sp³-hybridized carbons (Fsp3) is 0.500.